The molecule has 1 unspecified atom stereocenters. The Labute approximate surface area is 154 Å². The van der Waals surface area contributed by atoms with E-state index in [1.54, 1.807) is 0 Å². The SMILES string of the molecule is O=C(NCC(Cc1ccccc1)N1CCOCC1)OCc1ccccc1. The van der Waals surface area contributed by atoms with Crippen molar-refractivity contribution in [3.05, 3.63) is 71.8 Å². The third-order valence-electron chi connectivity index (χ3n) is 4.57. The van der Waals surface area contributed by atoms with Crippen LogP contribution in [0, 0.1) is 0 Å². The van der Waals surface area contributed by atoms with E-state index in [9.17, 15) is 4.79 Å². The first-order valence-corrected chi connectivity index (χ1v) is 9.11. The molecule has 0 saturated carbocycles. The molecule has 0 aromatic heterocycles. The molecule has 1 N–H and O–H groups in total. The zero-order valence-electron chi connectivity index (χ0n) is 15.0. The predicted molar refractivity (Wildman–Crippen MR) is 101 cm³/mol. The van der Waals surface area contributed by atoms with Gasteiger partial charge in [-0.25, -0.2) is 4.79 Å². The maximum atomic E-state index is 12.1. The van der Waals surface area contributed by atoms with Gasteiger partial charge in [-0.2, -0.15) is 0 Å². The number of nitrogens with one attached hydrogen (secondary N) is 1. The summed E-state index contributed by atoms with van der Waals surface area (Å²) in [5.74, 6) is 0. The summed E-state index contributed by atoms with van der Waals surface area (Å²) in [6, 6.07) is 20.3. The van der Waals surface area contributed by atoms with Crippen molar-refractivity contribution in [2.45, 2.75) is 19.1 Å². The molecular formula is C21H26N2O3. The van der Waals surface area contributed by atoms with E-state index in [1.807, 2.05) is 48.5 Å². The molecule has 0 radical (unpaired) electrons. The molecule has 0 bridgehead atoms. The van der Waals surface area contributed by atoms with Crippen LogP contribution in [-0.4, -0.2) is 49.9 Å². The van der Waals surface area contributed by atoms with Crippen molar-refractivity contribution in [1.29, 1.82) is 0 Å². The summed E-state index contributed by atoms with van der Waals surface area (Å²) < 4.78 is 10.8. The molecule has 3 rings (SSSR count). The van der Waals surface area contributed by atoms with Gasteiger partial charge in [0, 0.05) is 25.7 Å². The van der Waals surface area contributed by atoms with Gasteiger partial charge in [-0.3, -0.25) is 4.90 Å². The van der Waals surface area contributed by atoms with Crippen LogP contribution in [0.5, 0.6) is 0 Å². The highest BCUT2D eigenvalue weighted by atomic mass is 16.5. The van der Waals surface area contributed by atoms with E-state index in [1.165, 1.54) is 5.56 Å². The van der Waals surface area contributed by atoms with Crippen molar-refractivity contribution in [3.63, 3.8) is 0 Å². The minimum absolute atomic E-state index is 0.227. The van der Waals surface area contributed by atoms with E-state index in [2.05, 4.69) is 22.3 Å². The topological polar surface area (TPSA) is 50.8 Å². The Kier molecular flexibility index (Phi) is 7.05. The molecular weight excluding hydrogens is 328 g/mol. The number of carbonyl (C=O) groups is 1. The number of rotatable bonds is 7. The molecule has 1 aliphatic rings. The van der Waals surface area contributed by atoms with Crippen LogP contribution in [-0.2, 0) is 22.5 Å². The number of hydrogen-bond donors (Lipinski definition) is 1. The first kappa shape index (κ1) is 18.4. The zero-order chi connectivity index (χ0) is 18.0. The summed E-state index contributed by atoms with van der Waals surface area (Å²) >= 11 is 0. The second-order valence-electron chi connectivity index (χ2n) is 6.43. The highest BCUT2D eigenvalue weighted by Gasteiger charge is 2.22. The third-order valence-corrected chi connectivity index (χ3v) is 4.57. The molecule has 1 atom stereocenters. The molecule has 5 heteroatoms. The van der Waals surface area contributed by atoms with Gasteiger partial charge in [-0.05, 0) is 17.5 Å². The van der Waals surface area contributed by atoms with Gasteiger partial charge in [0.1, 0.15) is 6.61 Å². The minimum atomic E-state index is -0.375. The Morgan fingerprint density at radius 3 is 2.27 bits per heavy atom. The lowest BCUT2D eigenvalue weighted by atomic mass is 10.0. The second-order valence-corrected chi connectivity index (χ2v) is 6.43. The molecule has 1 aliphatic heterocycles. The van der Waals surface area contributed by atoms with Gasteiger partial charge >= 0.3 is 6.09 Å². The highest BCUT2D eigenvalue weighted by Crippen LogP contribution is 2.11. The van der Waals surface area contributed by atoms with Gasteiger partial charge in [0.05, 0.1) is 13.2 Å². The average Bonchev–Trinajstić information content (AvgIpc) is 2.72. The number of benzene rings is 2. The maximum Gasteiger partial charge on any atom is 0.407 e. The van der Waals surface area contributed by atoms with Gasteiger partial charge < -0.3 is 14.8 Å². The zero-order valence-corrected chi connectivity index (χ0v) is 15.0. The van der Waals surface area contributed by atoms with Gasteiger partial charge in [-0.1, -0.05) is 60.7 Å². The Hall–Kier alpha value is -2.37. The summed E-state index contributed by atoms with van der Waals surface area (Å²) in [7, 11) is 0. The molecule has 0 aliphatic carbocycles. The number of hydrogen-bond acceptors (Lipinski definition) is 4. The quantitative estimate of drug-likeness (QED) is 0.831. The van der Waals surface area contributed by atoms with Crippen molar-refractivity contribution in [3.8, 4) is 0 Å². The lowest BCUT2D eigenvalue weighted by Gasteiger charge is -2.34. The maximum absolute atomic E-state index is 12.1. The molecule has 1 heterocycles. The summed E-state index contributed by atoms with van der Waals surface area (Å²) in [6.07, 6.45) is 0.514. The Balaban J connectivity index is 1.52. The van der Waals surface area contributed by atoms with Gasteiger partial charge in [0.25, 0.3) is 0 Å². The molecule has 0 spiro atoms. The number of nitrogens with zero attached hydrogens (tertiary/aromatic N) is 1. The molecule has 2 aromatic rings. The third kappa shape index (κ3) is 5.86. The van der Waals surface area contributed by atoms with E-state index in [0.29, 0.717) is 6.54 Å². The first-order chi connectivity index (χ1) is 12.8. The van der Waals surface area contributed by atoms with E-state index in [0.717, 1.165) is 38.3 Å². The Morgan fingerprint density at radius 2 is 1.62 bits per heavy atom. The van der Waals surface area contributed by atoms with Crippen LogP contribution >= 0.6 is 0 Å². The van der Waals surface area contributed by atoms with E-state index in [4.69, 9.17) is 9.47 Å². The van der Waals surface area contributed by atoms with Crippen LogP contribution in [0.2, 0.25) is 0 Å². The summed E-state index contributed by atoms with van der Waals surface area (Å²) in [5.41, 5.74) is 2.25. The van der Waals surface area contributed by atoms with Gasteiger partial charge in [0.15, 0.2) is 0 Å². The largest absolute Gasteiger partial charge is 0.445 e. The van der Waals surface area contributed by atoms with Crippen molar-refractivity contribution >= 4 is 6.09 Å². The fourth-order valence-electron chi connectivity index (χ4n) is 3.13. The smallest absolute Gasteiger partial charge is 0.407 e. The van der Waals surface area contributed by atoms with Crippen molar-refractivity contribution in [2.24, 2.45) is 0 Å². The van der Waals surface area contributed by atoms with E-state index < -0.39 is 0 Å². The van der Waals surface area contributed by atoms with Crippen LogP contribution in [0.25, 0.3) is 0 Å². The van der Waals surface area contributed by atoms with Crippen LogP contribution in [0.15, 0.2) is 60.7 Å². The normalized spacial score (nSPS) is 16.0. The number of ether oxygens (including phenoxy) is 2. The predicted octanol–water partition coefficient (Wildman–Crippen LogP) is 2.86. The minimum Gasteiger partial charge on any atom is -0.445 e. The van der Waals surface area contributed by atoms with Gasteiger partial charge in [0.2, 0.25) is 0 Å². The summed E-state index contributed by atoms with van der Waals surface area (Å²) in [4.78, 5) is 14.5. The molecule has 1 amide bonds. The van der Waals surface area contributed by atoms with Gasteiger partial charge in [-0.15, -0.1) is 0 Å². The fraction of sp³-hybridized carbons (Fsp3) is 0.381. The molecule has 1 saturated heterocycles. The first-order valence-electron chi connectivity index (χ1n) is 9.11. The second kappa shape index (κ2) is 9.94. The molecule has 26 heavy (non-hydrogen) atoms. The molecule has 2 aromatic carbocycles. The highest BCUT2D eigenvalue weighted by molar-refractivity contribution is 5.67. The summed E-state index contributed by atoms with van der Waals surface area (Å²) in [5, 5.41) is 2.93. The monoisotopic (exact) mass is 354 g/mol. The Bertz CT molecular complexity index is 657. The lowest BCUT2D eigenvalue weighted by Crippen LogP contribution is -2.49. The average molecular weight is 354 g/mol. The number of amides is 1. The summed E-state index contributed by atoms with van der Waals surface area (Å²) in [6.45, 7) is 4.10. The molecule has 138 valence electrons. The standard InChI is InChI=1S/C21H26N2O3/c24-21(26-17-19-9-5-2-6-10-19)22-16-20(23-11-13-25-14-12-23)15-18-7-3-1-4-8-18/h1-10,20H,11-17H2,(H,22,24). The van der Waals surface area contributed by atoms with E-state index >= 15 is 0 Å². The van der Waals surface area contributed by atoms with Crippen molar-refractivity contribution < 1.29 is 14.3 Å². The fourth-order valence-corrected chi connectivity index (χ4v) is 3.13. The molecule has 5 nitrogen and oxygen atoms in total. The van der Waals surface area contributed by atoms with Crippen molar-refractivity contribution in [1.82, 2.24) is 10.2 Å². The number of carbonyl (C=O) groups excluding carboxylic acids is 1. The van der Waals surface area contributed by atoms with Crippen LogP contribution in [0.3, 0.4) is 0 Å². The molecule has 1 fully saturated rings. The van der Waals surface area contributed by atoms with Crippen LogP contribution < -0.4 is 5.32 Å². The van der Waals surface area contributed by atoms with Crippen LogP contribution in [0.4, 0.5) is 4.79 Å². The Morgan fingerprint density at radius 1 is 1.00 bits per heavy atom. The van der Waals surface area contributed by atoms with Crippen LogP contribution in [0.1, 0.15) is 11.1 Å². The number of morpholine rings is 1. The number of alkyl carbamates (subject to hydrolysis) is 1. The van der Waals surface area contributed by atoms with Crippen molar-refractivity contribution in [2.75, 3.05) is 32.8 Å². The van der Waals surface area contributed by atoms with E-state index in [-0.39, 0.29) is 18.7 Å². The lowest BCUT2D eigenvalue weighted by molar-refractivity contribution is 0.0165.